The largest absolute Gasteiger partial charge is 0.146 e. The Balaban J connectivity index is 1.86. The van der Waals surface area contributed by atoms with E-state index in [0.717, 1.165) is 0 Å². The van der Waals surface area contributed by atoms with E-state index in [1.807, 2.05) is 11.3 Å². The summed E-state index contributed by atoms with van der Waals surface area (Å²) in [5.41, 5.74) is 1.60. The summed E-state index contributed by atoms with van der Waals surface area (Å²) in [6.45, 7) is 6.78. The molecule has 0 nitrogen and oxygen atoms in total. The second-order valence-corrected chi connectivity index (χ2v) is 7.68. The molecule has 116 valence electrons. The summed E-state index contributed by atoms with van der Waals surface area (Å²) in [5, 5.41) is 0. The van der Waals surface area contributed by atoms with Crippen molar-refractivity contribution in [3.8, 4) is 0 Å². The topological polar surface area (TPSA) is 0 Å². The summed E-state index contributed by atoms with van der Waals surface area (Å²) in [6.07, 6.45) is 17.1. The quantitative estimate of drug-likeness (QED) is 0.357. The van der Waals surface area contributed by atoms with Gasteiger partial charge in [0.25, 0.3) is 0 Å². The molecule has 0 saturated heterocycles. The Hall–Kier alpha value is -0.300. The number of hydrogen-bond donors (Lipinski definition) is 0. The first-order valence-electron chi connectivity index (χ1n) is 8.80. The minimum Gasteiger partial charge on any atom is -0.146 e. The van der Waals surface area contributed by atoms with E-state index in [1.165, 1.54) is 86.8 Å². The Morgan fingerprint density at radius 2 is 1.25 bits per heavy atom. The molecule has 1 aromatic rings. The molecule has 1 heteroatoms. The maximum Gasteiger partial charge on any atom is 0.00490 e. The summed E-state index contributed by atoms with van der Waals surface area (Å²) in [6, 6.07) is 2.39. The van der Waals surface area contributed by atoms with Gasteiger partial charge < -0.3 is 0 Å². The van der Waals surface area contributed by atoms with Gasteiger partial charge in [-0.1, -0.05) is 71.1 Å². The summed E-state index contributed by atoms with van der Waals surface area (Å²) in [4.78, 5) is 3.01. The van der Waals surface area contributed by atoms with Crippen LogP contribution in [0.15, 0.2) is 6.07 Å². The van der Waals surface area contributed by atoms with E-state index in [2.05, 4.69) is 26.8 Å². The molecule has 0 atom stereocenters. The Labute approximate surface area is 131 Å². The van der Waals surface area contributed by atoms with Crippen molar-refractivity contribution >= 4 is 11.3 Å². The van der Waals surface area contributed by atoms with Crippen LogP contribution >= 0.6 is 11.3 Å². The lowest BCUT2D eigenvalue weighted by molar-refractivity contribution is 0.549. The molecule has 0 radical (unpaired) electrons. The highest BCUT2D eigenvalue weighted by Gasteiger charge is 2.02. The standard InChI is InChI=1S/C19H34S/c1-4-5-6-7-8-9-10-11-12-13-14-15-19-16-17(2)20-18(19)3/h16H,4-15H2,1-3H3. The molecule has 0 saturated carbocycles. The molecule has 0 spiro atoms. The van der Waals surface area contributed by atoms with Crippen molar-refractivity contribution in [1.29, 1.82) is 0 Å². The summed E-state index contributed by atoms with van der Waals surface area (Å²) >= 11 is 1.95. The van der Waals surface area contributed by atoms with Gasteiger partial charge in [-0.25, -0.2) is 0 Å². The van der Waals surface area contributed by atoms with E-state index in [9.17, 15) is 0 Å². The predicted octanol–water partition coefficient (Wildman–Crippen LogP) is 7.22. The highest BCUT2D eigenvalue weighted by Crippen LogP contribution is 2.22. The van der Waals surface area contributed by atoms with Crippen molar-refractivity contribution < 1.29 is 0 Å². The molecule has 0 bridgehead atoms. The van der Waals surface area contributed by atoms with Gasteiger partial charge in [-0.15, -0.1) is 11.3 Å². The first-order chi connectivity index (χ1) is 9.74. The minimum absolute atomic E-state index is 1.30. The van der Waals surface area contributed by atoms with Crippen LogP contribution in [-0.4, -0.2) is 0 Å². The van der Waals surface area contributed by atoms with Gasteiger partial charge in [-0.2, -0.15) is 0 Å². The number of aryl methyl sites for hydroxylation is 3. The summed E-state index contributed by atoms with van der Waals surface area (Å²) in [7, 11) is 0. The number of rotatable bonds is 12. The fourth-order valence-corrected chi connectivity index (χ4v) is 3.89. The Bertz CT molecular complexity index is 338. The molecular formula is C19H34S. The molecule has 0 fully saturated rings. The molecule has 0 N–H and O–H groups in total. The predicted molar refractivity (Wildman–Crippen MR) is 94.0 cm³/mol. The molecule has 0 aliphatic carbocycles. The van der Waals surface area contributed by atoms with Gasteiger partial charge >= 0.3 is 0 Å². The van der Waals surface area contributed by atoms with Crippen LogP contribution in [0.1, 0.15) is 92.9 Å². The SMILES string of the molecule is CCCCCCCCCCCCCc1cc(C)sc1C. The Morgan fingerprint density at radius 3 is 1.70 bits per heavy atom. The maximum absolute atomic E-state index is 2.39. The van der Waals surface area contributed by atoms with Crippen LogP contribution in [0.4, 0.5) is 0 Å². The van der Waals surface area contributed by atoms with Crippen molar-refractivity contribution in [3.05, 3.63) is 21.4 Å². The average molecular weight is 295 g/mol. The molecule has 20 heavy (non-hydrogen) atoms. The van der Waals surface area contributed by atoms with Crippen molar-refractivity contribution in [2.75, 3.05) is 0 Å². The molecule has 1 heterocycles. The second-order valence-electron chi connectivity index (χ2n) is 6.22. The smallest absolute Gasteiger partial charge is 0.00490 e. The lowest BCUT2D eigenvalue weighted by Crippen LogP contribution is -1.86. The van der Waals surface area contributed by atoms with Crippen LogP contribution in [0.2, 0.25) is 0 Å². The zero-order valence-corrected chi connectivity index (χ0v) is 14.8. The molecule has 0 aliphatic heterocycles. The van der Waals surface area contributed by atoms with E-state index in [1.54, 1.807) is 5.56 Å². The minimum atomic E-state index is 1.30. The first-order valence-corrected chi connectivity index (χ1v) is 9.61. The van der Waals surface area contributed by atoms with Crippen LogP contribution in [0.3, 0.4) is 0 Å². The lowest BCUT2D eigenvalue weighted by Gasteiger charge is -2.03. The van der Waals surface area contributed by atoms with Gasteiger partial charge in [0.05, 0.1) is 0 Å². The van der Waals surface area contributed by atoms with Crippen LogP contribution < -0.4 is 0 Å². The Morgan fingerprint density at radius 1 is 0.750 bits per heavy atom. The fourth-order valence-electron chi connectivity index (χ4n) is 2.91. The van der Waals surface area contributed by atoms with Crippen LogP contribution in [0, 0.1) is 13.8 Å². The molecule has 1 aromatic heterocycles. The molecule has 0 amide bonds. The normalized spacial score (nSPS) is 11.2. The van der Waals surface area contributed by atoms with Crippen molar-refractivity contribution in [2.24, 2.45) is 0 Å². The molecular weight excluding hydrogens is 260 g/mol. The van der Waals surface area contributed by atoms with Gasteiger partial charge in [-0.3, -0.25) is 0 Å². The molecule has 1 rings (SSSR count). The number of thiophene rings is 1. The van der Waals surface area contributed by atoms with Gasteiger partial charge in [-0.05, 0) is 38.3 Å². The van der Waals surface area contributed by atoms with Crippen molar-refractivity contribution in [1.82, 2.24) is 0 Å². The first kappa shape index (κ1) is 17.8. The summed E-state index contributed by atoms with van der Waals surface area (Å²) < 4.78 is 0. The monoisotopic (exact) mass is 294 g/mol. The molecule has 0 aliphatic rings. The third-order valence-electron chi connectivity index (χ3n) is 4.19. The van der Waals surface area contributed by atoms with E-state index in [-0.39, 0.29) is 0 Å². The average Bonchev–Trinajstić information content (AvgIpc) is 2.74. The van der Waals surface area contributed by atoms with E-state index in [4.69, 9.17) is 0 Å². The van der Waals surface area contributed by atoms with E-state index in [0.29, 0.717) is 0 Å². The highest BCUT2D eigenvalue weighted by molar-refractivity contribution is 7.12. The van der Waals surface area contributed by atoms with Gasteiger partial charge in [0, 0.05) is 9.75 Å². The maximum atomic E-state index is 2.39. The molecule has 0 aromatic carbocycles. The van der Waals surface area contributed by atoms with Crippen LogP contribution in [0.25, 0.3) is 0 Å². The highest BCUT2D eigenvalue weighted by atomic mass is 32.1. The summed E-state index contributed by atoms with van der Waals surface area (Å²) in [5.74, 6) is 0. The van der Waals surface area contributed by atoms with E-state index < -0.39 is 0 Å². The fraction of sp³-hybridized carbons (Fsp3) is 0.789. The van der Waals surface area contributed by atoms with Crippen molar-refractivity contribution in [3.63, 3.8) is 0 Å². The van der Waals surface area contributed by atoms with Gasteiger partial charge in [0.1, 0.15) is 0 Å². The third-order valence-corrected chi connectivity index (χ3v) is 5.20. The van der Waals surface area contributed by atoms with Crippen LogP contribution in [-0.2, 0) is 6.42 Å². The van der Waals surface area contributed by atoms with Crippen molar-refractivity contribution in [2.45, 2.75) is 97.8 Å². The second kappa shape index (κ2) is 11.4. The third kappa shape index (κ3) is 8.09. The zero-order chi connectivity index (χ0) is 14.6. The van der Waals surface area contributed by atoms with E-state index >= 15 is 0 Å². The van der Waals surface area contributed by atoms with Crippen LogP contribution in [0.5, 0.6) is 0 Å². The number of hydrogen-bond acceptors (Lipinski definition) is 1. The lowest BCUT2D eigenvalue weighted by atomic mass is 10.0. The molecule has 0 unspecified atom stereocenters. The number of unbranched alkanes of at least 4 members (excludes halogenated alkanes) is 10. The zero-order valence-electron chi connectivity index (χ0n) is 14.0. The van der Waals surface area contributed by atoms with Gasteiger partial charge in [0.2, 0.25) is 0 Å². The van der Waals surface area contributed by atoms with Gasteiger partial charge in [0.15, 0.2) is 0 Å². The Kier molecular flexibility index (Phi) is 10.1.